The number of halogens is 1. The van der Waals surface area contributed by atoms with E-state index >= 15 is 0 Å². The van der Waals surface area contributed by atoms with Crippen molar-refractivity contribution in [3.05, 3.63) is 58.1 Å². The van der Waals surface area contributed by atoms with Crippen LogP contribution in [-0.2, 0) is 0 Å². The molecule has 0 spiro atoms. The van der Waals surface area contributed by atoms with E-state index in [1.165, 1.54) is 0 Å². The number of rotatable bonds is 5. The Balaban J connectivity index is 2.60. The van der Waals surface area contributed by atoms with Gasteiger partial charge in [-0.05, 0) is 49.4 Å². The smallest absolute Gasteiger partial charge is 0.127 e. The van der Waals surface area contributed by atoms with E-state index in [2.05, 4.69) is 11.4 Å². The molecule has 0 saturated carbocycles. The van der Waals surface area contributed by atoms with Crippen LogP contribution in [0.2, 0.25) is 5.02 Å². The van der Waals surface area contributed by atoms with Gasteiger partial charge in [0, 0.05) is 5.02 Å². The summed E-state index contributed by atoms with van der Waals surface area (Å²) >= 11 is 6.20. The zero-order chi connectivity index (χ0) is 15.4. The quantitative estimate of drug-likeness (QED) is 0.906. The summed E-state index contributed by atoms with van der Waals surface area (Å²) in [5.74, 6) is 1.57. The van der Waals surface area contributed by atoms with E-state index in [0.717, 1.165) is 33.2 Å². The summed E-state index contributed by atoms with van der Waals surface area (Å²) in [7, 11) is 5.23. The second-order valence-electron chi connectivity index (χ2n) is 4.86. The molecule has 0 heterocycles. The van der Waals surface area contributed by atoms with E-state index in [1.807, 2.05) is 44.3 Å². The molecule has 3 nitrogen and oxygen atoms in total. The Kier molecular flexibility index (Phi) is 5.10. The molecule has 21 heavy (non-hydrogen) atoms. The van der Waals surface area contributed by atoms with Crippen molar-refractivity contribution in [3.63, 3.8) is 0 Å². The van der Waals surface area contributed by atoms with Crippen LogP contribution in [0.3, 0.4) is 0 Å². The molecule has 0 aliphatic rings. The molecular weight excluding hydrogens is 286 g/mol. The fourth-order valence-corrected chi connectivity index (χ4v) is 2.87. The summed E-state index contributed by atoms with van der Waals surface area (Å²) in [6.07, 6.45) is 0. The number of ether oxygens (including phenoxy) is 2. The van der Waals surface area contributed by atoms with Gasteiger partial charge in [0.05, 0.1) is 25.8 Å². The van der Waals surface area contributed by atoms with Crippen LogP contribution in [-0.4, -0.2) is 21.3 Å². The van der Waals surface area contributed by atoms with Crippen molar-refractivity contribution < 1.29 is 9.47 Å². The third-order valence-electron chi connectivity index (χ3n) is 3.44. The lowest BCUT2D eigenvalue weighted by molar-refractivity contribution is 0.379. The van der Waals surface area contributed by atoms with E-state index in [4.69, 9.17) is 21.1 Å². The number of hydrogen-bond donors (Lipinski definition) is 1. The summed E-state index contributed by atoms with van der Waals surface area (Å²) in [6.45, 7) is 2.03. The molecule has 0 saturated heterocycles. The van der Waals surface area contributed by atoms with Crippen LogP contribution in [0.4, 0.5) is 0 Å². The fraction of sp³-hybridized carbons (Fsp3) is 0.294. The SMILES string of the molecule is CNC(c1cc(C)cc(Cl)c1)c1c(OC)cccc1OC. The van der Waals surface area contributed by atoms with Gasteiger partial charge < -0.3 is 14.8 Å². The molecule has 1 N–H and O–H groups in total. The van der Waals surface area contributed by atoms with Crippen LogP contribution in [0, 0.1) is 6.92 Å². The van der Waals surface area contributed by atoms with Gasteiger partial charge in [0.1, 0.15) is 11.5 Å². The largest absolute Gasteiger partial charge is 0.496 e. The predicted octanol–water partition coefficient (Wildman–Crippen LogP) is 3.97. The molecule has 2 aromatic rings. The maximum absolute atomic E-state index is 6.20. The van der Waals surface area contributed by atoms with Crippen molar-refractivity contribution in [1.82, 2.24) is 5.32 Å². The first-order valence-electron chi connectivity index (χ1n) is 6.76. The Morgan fingerprint density at radius 1 is 1.05 bits per heavy atom. The number of nitrogens with one attached hydrogen (secondary N) is 1. The Bertz CT molecular complexity index is 586. The van der Waals surface area contributed by atoms with Crippen LogP contribution in [0.25, 0.3) is 0 Å². The van der Waals surface area contributed by atoms with Gasteiger partial charge in [-0.2, -0.15) is 0 Å². The van der Waals surface area contributed by atoms with Gasteiger partial charge in [-0.15, -0.1) is 0 Å². The van der Waals surface area contributed by atoms with Crippen LogP contribution < -0.4 is 14.8 Å². The number of methoxy groups -OCH3 is 2. The minimum absolute atomic E-state index is 0.0616. The van der Waals surface area contributed by atoms with Crippen LogP contribution in [0.1, 0.15) is 22.7 Å². The molecule has 1 atom stereocenters. The Morgan fingerprint density at radius 3 is 2.14 bits per heavy atom. The van der Waals surface area contributed by atoms with Gasteiger partial charge in [0.2, 0.25) is 0 Å². The van der Waals surface area contributed by atoms with Crippen molar-refractivity contribution in [2.45, 2.75) is 13.0 Å². The number of aryl methyl sites for hydroxylation is 1. The molecule has 1 unspecified atom stereocenters. The van der Waals surface area contributed by atoms with Crippen molar-refractivity contribution in [3.8, 4) is 11.5 Å². The lowest BCUT2D eigenvalue weighted by Crippen LogP contribution is -2.19. The van der Waals surface area contributed by atoms with E-state index in [0.29, 0.717) is 0 Å². The Morgan fingerprint density at radius 2 is 1.67 bits per heavy atom. The first kappa shape index (κ1) is 15.7. The van der Waals surface area contributed by atoms with Gasteiger partial charge in [-0.1, -0.05) is 23.7 Å². The predicted molar refractivity (Wildman–Crippen MR) is 86.6 cm³/mol. The van der Waals surface area contributed by atoms with Gasteiger partial charge in [0.15, 0.2) is 0 Å². The molecule has 0 amide bonds. The molecule has 2 aromatic carbocycles. The summed E-state index contributed by atoms with van der Waals surface area (Å²) in [6, 6.07) is 11.7. The molecule has 0 radical (unpaired) electrons. The molecule has 0 aromatic heterocycles. The van der Waals surface area contributed by atoms with Crippen molar-refractivity contribution >= 4 is 11.6 Å². The van der Waals surface area contributed by atoms with Crippen LogP contribution >= 0.6 is 11.6 Å². The zero-order valence-electron chi connectivity index (χ0n) is 12.7. The van der Waals surface area contributed by atoms with E-state index in [1.54, 1.807) is 14.2 Å². The average Bonchev–Trinajstić information content (AvgIpc) is 2.47. The first-order valence-corrected chi connectivity index (χ1v) is 7.13. The first-order chi connectivity index (χ1) is 10.1. The highest BCUT2D eigenvalue weighted by atomic mass is 35.5. The summed E-state index contributed by atoms with van der Waals surface area (Å²) in [4.78, 5) is 0. The standard InChI is InChI=1S/C17H20ClNO2/c1-11-8-12(10-13(18)9-11)17(19-2)16-14(20-3)6-5-7-15(16)21-4/h5-10,17,19H,1-4H3. The highest BCUT2D eigenvalue weighted by Gasteiger charge is 2.21. The molecule has 0 aliphatic carbocycles. The Labute approximate surface area is 130 Å². The van der Waals surface area contributed by atoms with Gasteiger partial charge in [-0.3, -0.25) is 0 Å². The number of benzene rings is 2. The highest BCUT2D eigenvalue weighted by Crippen LogP contribution is 2.37. The van der Waals surface area contributed by atoms with Crippen molar-refractivity contribution in [2.75, 3.05) is 21.3 Å². The van der Waals surface area contributed by atoms with Gasteiger partial charge in [0.25, 0.3) is 0 Å². The minimum Gasteiger partial charge on any atom is -0.496 e. The van der Waals surface area contributed by atoms with Crippen LogP contribution in [0.5, 0.6) is 11.5 Å². The second-order valence-corrected chi connectivity index (χ2v) is 5.30. The molecule has 0 bridgehead atoms. The average molecular weight is 306 g/mol. The topological polar surface area (TPSA) is 30.5 Å². The molecule has 0 aliphatic heterocycles. The second kappa shape index (κ2) is 6.83. The number of hydrogen-bond acceptors (Lipinski definition) is 3. The summed E-state index contributed by atoms with van der Waals surface area (Å²) in [5.41, 5.74) is 3.16. The van der Waals surface area contributed by atoms with Gasteiger partial charge >= 0.3 is 0 Å². The zero-order valence-corrected chi connectivity index (χ0v) is 13.5. The maximum Gasteiger partial charge on any atom is 0.127 e. The lowest BCUT2D eigenvalue weighted by Gasteiger charge is -2.23. The van der Waals surface area contributed by atoms with E-state index < -0.39 is 0 Å². The maximum atomic E-state index is 6.20. The van der Waals surface area contributed by atoms with Crippen molar-refractivity contribution in [1.29, 1.82) is 0 Å². The highest BCUT2D eigenvalue weighted by molar-refractivity contribution is 6.30. The van der Waals surface area contributed by atoms with Crippen molar-refractivity contribution in [2.24, 2.45) is 0 Å². The molecule has 2 rings (SSSR count). The van der Waals surface area contributed by atoms with E-state index in [-0.39, 0.29) is 6.04 Å². The lowest BCUT2D eigenvalue weighted by atomic mass is 9.95. The molecule has 0 fully saturated rings. The normalized spacial score (nSPS) is 12.0. The summed E-state index contributed by atoms with van der Waals surface area (Å²) in [5, 5.41) is 4.04. The minimum atomic E-state index is -0.0616. The monoisotopic (exact) mass is 305 g/mol. The summed E-state index contributed by atoms with van der Waals surface area (Å²) < 4.78 is 11.0. The third-order valence-corrected chi connectivity index (χ3v) is 3.66. The van der Waals surface area contributed by atoms with E-state index in [9.17, 15) is 0 Å². The van der Waals surface area contributed by atoms with Gasteiger partial charge in [-0.25, -0.2) is 0 Å². The molecule has 4 heteroatoms. The Hall–Kier alpha value is -1.71. The van der Waals surface area contributed by atoms with Crippen LogP contribution in [0.15, 0.2) is 36.4 Å². The molecule has 112 valence electrons. The fourth-order valence-electron chi connectivity index (χ4n) is 2.57. The molecular formula is C17H20ClNO2. The third kappa shape index (κ3) is 3.31.